The number of fused-ring (bicyclic) bond motifs is 1. The van der Waals surface area contributed by atoms with Crippen LogP contribution in [0.15, 0.2) is 49.1 Å². The van der Waals surface area contributed by atoms with Crippen molar-refractivity contribution in [1.82, 2.24) is 24.1 Å². The van der Waals surface area contributed by atoms with Gasteiger partial charge in [-0.2, -0.15) is 4.98 Å². The van der Waals surface area contributed by atoms with Gasteiger partial charge in [-0.15, -0.1) is 5.10 Å². The molecule has 0 saturated heterocycles. The molecule has 0 spiro atoms. The van der Waals surface area contributed by atoms with Crippen molar-refractivity contribution in [3.63, 3.8) is 0 Å². The Morgan fingerprint density at radius 2 is 2.11 bits per heavy atom. The molecule has 3 aromatic heterocycles. The van der Waals surface area contributed by atoms with Gasteiger partial charge in [-0.25, -0.2) is 14.3 Å². The van der Waals surface area contributed by atoms with Crippen LogP contribution in [0.1, 0.15) is 10.4 Å². The van der Waals surface area contributed by atoms with E-state index >= 15 is 0 Å². The monoisotopic (exact) mass is 398 g/mol. The first-order valence-corrected chi connectivity index (χ1v) is 8.55. The summed E-state index contributed by atoms with van der Waals surface area (Å²) >= 11 is 5.98. The number of rotatable bonds is 5. The fourth-order valence-corrected chi connectivity index (χ4v) is 2.90. The lowest BCUT2D eigenvalue weighted by Gasteiger charge is -2.08. The lowest BCUT2D eigenvalue weighted by Crippen LogP contribution is -2.03. The minimum Gasteiger partial charge on any atom is -0.497 e. The Morgan fingerprint density at radius 3 is 2.89 bits per heavy atom. The number of ether oxygens (including phenoxy) is 2. The first-order chi connectivity index (χ1) is 13.6. The molecule has 0 fully saturated rings. The molecule has 28 heavy (non-hydrogen) atoms. The van der Waals surface area contributed by atoms with Crippen LogP contribution in [0, 0.1) is 0 Å². The maximum atomic E-state index is 11.9. The molecule has 1 N–H and O–H groups in total. The fourth-order valence-electron chi connectivity index (χ4n) is 2.74. The van der Waals surface area contributed by atoms with E-state index in [4.69, 9.17) is 21.1 Å². The summed E-state index contributed by atoms with van der Waals surface area (Å²) in [5.74, 6) is 1.14. The van der Waals surface area contributed by atoms with E-state index in [2.05, 4.69) is 20.4 Å². The Kier molecular flexibility index (Phi) is 4.58. The van der Waals surface area contributed by atoms with Crippen LogP contribution in [0.25, 0.3) is 11.2 Å². The molecule has 0 aliphatic heterocycles. The van der Waals surface area contributed by atoms with Crippen LogP contribution >= 0.6 is 11.6 Å². The number of carbonyl (C=O) groups excluding carboxylic acids is 1. The highest BCUT2D eigenvalue weighted by Crippen LogP contribution is 2.24. The number of aromatic nitrogens is 5. The van der Waals surface area contributed by atoms with E-state index in [-0.39, 0.29) is 5.28 Å². The third-order valence-electron chi connectivity index (χ3n) is 4.04. The number of carbonyl (C=O) groups is 1. The van der Waals surface area contributed by atoms with Gasteiger partial charge in [-0.05, 0) is 35.9 Å². The Hall–Kier alpha value is -3.59. The van der Waals surface area contributed by atoms with E-state index in [9.17, 15) is 4.79 Å². The fraction of sp³-hybridized carbons (Fsp3) is 0.111. The normalized spacial score (nSPS) is 10.8. The molecule has 4 aromatic rings. The Balaban J connectivity index is 1.68. The lowest BCUT2D eigenvalue weighted by molar-refractivity contribution is 0.0600. The van der Waals surface area contributed by atoms with Crippen LogP contribution in [0.2, 0.25) is 5.28 Å². The minimum atomic E-state index is -0.454. The van der Waals surface area contributed by atoms with Gasteiger partial charge in [0.1, 0.15) is 23.4 Å². The number of imidazole rings is 1. The predicted molar refractivity (Wildman–Crippen MR) is 103 cm³/mol. The number of nitrogens with zero attached hydrogens (tertiary/aromatic N) is 5. The Morgan fingerprint density at radius 1 is 1.25 bits per heavy atom. The van der Waals surface area contributed by atoms with Crippen molar-refractivity contribution in [1.29, 1.82) is 0 Å². The standard InChI is InChI=1S/C18H15ClN6O3/c1-27-13-7-11(17(26)28-2)6-12(8-13)24-9-15(20-10-24)21-16-14-4-3-5-25(14)23-18(19)22-16/h3-10H,1-2H3,(H,21,22,23). The summed E-state index contributed by atoms with van der Waals surface area (Å²) in [7, 11) is 2.86. The number of esters is 1. The molecular weight excluding hydrogens is 384 g/mol. The van der Waals surface area contributed by atoms with Gasteiger partial charge in [0, 0.05) is 12.3 Å². The molecule has 10 heteroatoms. The molecule has 0 saturated carbocycles. The Bertz CT molecular complexity index is 1170. The molecule has 0 unspecified atom stereocenters. The number of methoxy groups -OCH3 is 2. The van der Waals surface area contributed by atoms with Crippen molar-refractivity contribution in [2.24, 2.45) is 0 Å². The number of anilines is 2. The maximum absolute atomic E-state index is 11.9. The second-order valence-electron chi connectivity index (χ2n) is 5.77. The van der Waals surface area contributed by atoms with Crippen LogP contribution in [0.3, 0.4) is 0 Å². The molecule has 4 rings (SSSR count). The average molecular weight is 399 g/mol. The number of benzene rings is 1. The molecule has 3 heterocycles. The van der Waals surface area contributed by atoms with Gasteiger partial charge < -0.3 is 19.4 Å². The van der Waals surface area contributed by atoms with E-state index in [0.717, 1.165) is 5.52 Å². The molecular formula is C18H15ClN6O3. The van der Waals surface area contributed by atoms with Gasteiger partial charge >= 0.3 is 5.97 Å². The average Bonchev–Trinajstić information content (AvgIpc) is 3.36. The van der Waals surface area contributed by atoms with Gasteiger partial charge in [0.15, 0.2) is 5.82 Å². The number of nitrogens with one attached hydrogen (secondary N) is 1. The summed E-state index contributed by atoms with van der Waals surface area (Å²) in [5.41, 5.74) is 1.82. The van der Waals surface area contributed by atoms with E-state index in [1.165, 1.54) is 14.2 Å². The van der Waals surface area contributed by atoms with E-state index in [0.29, 0.717) is 28.6 Å². The molecule has 1 aromatic carbocycles. The molecule has 142 valence electrons. The van der Waals surface area contributed by atoms with Crippen LogP contribution < -0.4 is 10.1 Å². The van der Waals surface area contributed by atoms with Crippen molar-refractivity contribution in [2.75, 3.05) is 19.5 Å². The van der Waals surface area contributed by atoms with Gasteiger partial charge in [0.25, 0.3) is 0 Å². The molecule has 9 nitrogen and oxygen atoms in total. The zero-order valence-electron chi connectivity index (χ0n) is 15.0. The summed E-state index contributed by atoms with van der Waals surface area (Å²) < 4.78 is 13.4. The van der Waals surface area contributed by atoms with Crippen molar-refractivity contribution >= 4 is 34.7 Å². The van der Waals surface area contributed by atoms with Gasteiger partial charge in [0.05, 0.1) is 31.7 Å². The van der Waals surface area contributed by atoms with Crippen molar-refractivity contribution in [3.8, 4) is 11.4 Å². The zero-order chi connectivity index (χ0) is 19.7. The Labute approximate surface area is 164 Å². The molecule has 0 atom stereocenters. The maximum Gasteiger partial charge on any atom is 0.338 e. The van der Waals surface area contributed by atoms with Gasteiger partial charge in [0.2, 0.25) is 5.28 Å². The summed E-state index contributed by atoms with van der Waals surface area (Å²) in [5, 5.41) is 7.33. The van der Waals surface area contributed by atoms with Gasteiger partial charge in [-0.3, -0.25) is 0 Å². The second kappa shape index (κ2) is 7.20. The van der Waals surface area contributed by atoms with E-state index < -0.39 is 5.97 Å². The van der Waals surface area contributed by atoms with Crippen molar-refractivity contribution in [2.45, 2.75) is 0 Å². The van der Waals surface area contributed by atoms with Crippen LogP contribution in [-0.4, -0.2) is 44.3 Å². The molecule has 0 aliphatic rings. The number of hydrogen-bond donors (Lipinski definition) is 1. The van der Waals surface area contributed by atoms with Crippen LogP contribution in [0.5, 0.6) is 5.75 Å². The number of halogens is 1. The topological polar surface area (TPSA) is 95.6 Å². The van der Waals surface area contributed by atoms with E-state index in [1.54, 1.807) is 46.0 Å². The summed E-state index contributed by atoms with van der Waals surface area (Å²) in [6.07, 6.45) is 5.14. The quantitative estimate of drug-likeness (QED) is 0.516. The van der Waals surface area contributed by atoms with Crippen LogP contribution in [0.4, 0.5) is 11.6 Å². The molecule has 0 radical (unpaired) electrons. The predicted octanol–water partition coefficient (Wildman–Crippen LogP) is 3.11. The third-order valence-corrected chi connectivity index (χ3v) is 4.20. The summed E-state index contributed by atoms with van der Waals surface area (Å²) in [6, 6.07) is 8.78. The first kappa shape index (κ1) is 17.8. The zero-order valence-corrected chi connectivity index (χ0v) is 15.7. The largest absolute Gasteiger partial charge is 0.497 e. The van der Waals surface area contributed by atoms with Crippen molar-refractivity contribution < 1.29 is 14.3 Å². The SMILES string of the molecule is COC(=O)c1cc(OC)cc(-n2cnc(Nc3nc(Cl)nn4cccc34)c2)c1. The summed E-state index contributed by atoms with van der Waals surface area (Å²) in [6.45, 7) is 0. The molecule has 0 aliphatic carbocycles. The van der Waals surface area contributed by atoms with Crippen molar-refractivity contribution in [3.05, 3.63) is 59.9 Å². The van der Waals surface area contributed by atoms with Gasteiger partial charge in [-0.1, -0.05) is 0 Å². The lowest BCUT2D eigenvalue weighted by atomic mass is 10.2. The minimum absolute atomic E-state index is 0.112. The first-order valence-electron chi connectivity index (χ1n) is 8.17. The highest BCUT2D eigenvalue weighted by Gasteiger charge is 2.12. The summed E-state index contributed by atoms with van der Waals surface area (Å²) in [4.78, 5) is 20.5. The number of hydrogen-bond acceptors (Lipinski definition) is 7. The second-order valence-corrected chi connectivity index (χ2v) is 6.11. The third kappa shape index (κ3) is 3.35. The molecule has 0 amide bonds. The highest BCUT2D eigenvalue weighted by molar-refractivity contribution is 6.28. The highest BCUT2D eigenvalue weighted by atomic mass is 35.5. The van der Waals surface area contributed by atoms with Crippen LogP contribution in [-0.2, 0) is 4.74 Å². The smallest absolute Gasteiger partial charge is 0.338 e. The van der Waals surface area contributed by atoms with E-state index in [1.807, 2.05) is 12.1 Å². The molecule has 0 bridgehead atoms.